The molecule has 1 aliphatic heterocycles. The van der Waals surface area contributed by atoms with E-state index >= 15 is 0 Å². The smallest absolute Gasteiger partial charge is 0.338 e. The van der Waals surface area contributed by atoms with Crippen molar-refractivity contribution in [3.63, 3.8) is 0 Å². The molecule has 35 heavy (non-hydrogen) atoms. The second-order valence-electron chi connectivity index (χ2n) is 7.99. The zero-order valence-corrected chi connectivity index (χ0v) is 20.5. The van der Waals surface area contributed by atoms with E-state index < -0.39 is 25.2 Å². The van der Waals surface area contributed by atoms with Crippen LogP contribution in [-0.4, -0.2) is 31.9 Å². The minimum atomic E-state index is -3.27. The first kappa shape index (κ1) is 24.3. The molecule has 0 aromatic heterocycles. The Morgan fingerprint density at radius 1 is 0.914 bits per heavy atom. The highest BCUT2D eigenvalue weighted by Gasteiger charge is 2.38. The molecule has 0 unspecified atom stereocenters. The summed E-state index contributed by atoms with van der Waals surface area (Å²) in [6, 6.07) is 24.1. The van der Waals surface area contributed by atoms with E-state index in [2.05, 4.69) is 10.6 Å². The number of ether oxygens (including phenoxy) is 2. The summed E-state index contributed by atoms with van der Waals surface area (Å²) in [6.45, 7) is 1.88. The summed E-state index contributed by atoms with van der Waals surface area (Å²) in [4.78, 5) is 25.9. The molecule has 2 amide bonds. The minimum absolute atomic E-state index is 0.0464. The number of benzene rings is 3. The Kier molecular flexibility index (Phi) is 7.37. The van der Waals surface area contributed by atoms with Gasteiger partial charge in [0.15, 0.2) is 0 Å². The molecule has 1 atom stereocenters. The lowest BCUT2D eigenvalue weighted by Gasteiger charge is -2.31. The monoisotopic (exact) mass is 490 g/mol. The van der Waals surface area contributed by atoms with Crippen molar-refractivity contribution in [2.75, 3.05) is 19.9 Å². The van der Waals surface area contributed by atoms with Crippen LogP contribution < -0.4 is 26.0 Å². The van der Waals surface area contributed by atoms with Gasteiger partial charge in [0.05, 0.1) is 25.3 Å². The zero-order chi connectivity index (χ0) is 24.8. The van der Waals surface area contributed by atoms with Crippen LogP contribution in [0, 0.1) is 0 Å². The Balaban J connectivity index is 1.87. The van der Waals surface area contributed by atoms with Gasteiger partial charge in [-0.2, -0.15) is 0 Å². The van der Waals surface area contributed by atoms with E-state index in [1.165, 1.54) is 0 Å². The maximum Gasteiger partial charge on any atom is 0.338 e. The van der Waals surface area contributed by atoms with Gasteiger partial charge >= 0.3 is 12.0 Å². The number of allylic oxidation sites excluding steroid dienone is 1. The Labute approximate surface area is 204 Å². The Morgan fingerprint density at radius 3 is 2.00 bits per heavy atom. The molecule has 3 aromatic carbocycles. The Bertz CT molecular complexity index is 1230. The van der Waals surface area contributed by atoms with Gasteiger partial charge in [-0.1, -0.05) is 72.8 Å². The van der Waals surface area contributed by atoms with E-state index in [4.69, 9.17) is 9.47 Å². The first-order valence-electron chi connectivity index (χ1n) is 11.3. The van der Waals surface area contributed by atoms with E-state index in [0.29, 0.717) is 21.9 Å². The second-order valence-corrected chi connectivity index (χ2v) is 10.8. The van der Waals surface area contributed by atoms with E-state index in [1.54, 1.807) is 38.3 Å². The minimum Gasteiger partial charge on any atom is -0.497 e. The quantitative estimate of drug-likeness (QED) is 0.369. The van der Waals surface area contributed by atoms with Crippen LogP contribution in [0.25, 0.3) is 0 Å². The standard InChI is InChI=1S/C27H27N2O5P/c1-3-34-26(30)24-23(28-27(31)29-25(24)19-14-16-20(33-2)17-15-19)18-35(32,21-10-6-4-7-11-21)22-12-8-5-9-13-22/h4-17,25H,3,18H2,1-2H3,(H2,28,29,31)/t25-/m0/s1. The maximum absolute atomic E-state index is 14.7. The molecule has 2 N–H and O–H groups in total. The molecule has 180 valence electrons. The maximum atomic E-state index is 14.7. The van der Waals surface area contributed by atoms with Crippen LogP contribution in [0.5, 0.6) is 5.75 Å². The first-order chi connectivity index (χ1) is 17.0. The molecule has 0 radical (unpaired) electrons. The molecular formula is C27H27N2O5P. The summed E-state index contributed by atoms with van der Waals surface area (Å²) in [5.74, 6) is 0.0667. The molecule has 7 nitrogen and oxygen atoms in total. The Hall–Kier alpha value is -3.83. The number of carbonyl (C=O) groups excluding carboxylic acids is 2. The molecule has 3 aromatic rings. The van der Waals surface area contributed by atoms with Gasteiger partial charge in [0, 0.05) is 22.5 Å². The van der Waals surface area contributed by atoms with Gasteiger partial charge in [0.1, 0.15) is 12.9 Å². The number of hydrogen-bond donors (Lipinski definition) is 2. The van der Waals surface area contributed by atoms with Gasteiger partial charge in [-0.3, -0.25) is 0 Å². The number of hydrogen-bond acceptors (Lipinski definition) is 5. The molecule has 1 heterocycles. The average Bonchev–Trinajstić information content (AvgIpc) is 2.89. The molecular weight excluding hydrogens is 463 g/mol. The fourth-order valence-corrected chi connectivity index (χ4v) is 6.80. The lowest BCUT2D eigenvalue weighted by Crippen LogP contribution is -2.47. The number of esters is 1. The van der Waals surface area contributed by atoms with Crippen LogP contribution >= 0.6 is 7.14 Å². The van der Waals surface area contributed by atoms with Gasteiger partial charge < -0.3 is 24.7 Å². The molecule has 0 aliphatic carbocycles. The van der Waals surface area contributed by atoms with Crippen LogP contribution in [-0.2, 0) is 14.1 Å². The highest BCUT2D eigenvalue weighted by atomic mass is 31.2. The van der Waals surface area contributed by atoms with Crippen LogP contribution in [0.15, 0.2) is 96.2 Å². The van der Waals surface area contributed by atoms with E-state index in [-0.39, 0.29) is 24.0 Å². The molecule has 0 fully saturated rings. The number of methoxy groups -OCH3 is 1. The van der Waals surface area contributed by atoms with Gasteiger partial charge in [-0.05, 0) is 24.6 Å². The normalized spacial score (nSPS) is 15.7. The van der Waals surface area contributed by atoms with Gasteiger partial charge in [0.2, 0.25) is 0 Å². The number of rotatable bonds is 8. The molecule has 8 heteroatoms. The third-order valence-electron chi connectivity index (χ3n) is 5.83. The van der Waals surface area contributed by atoms with Gasteiger partial charge in [-0.25, -0.2) is 9.59 Å². The summed E-state index contributed by atoms with van der Waals surface area (Å²) < 4.78 is 25.3. The number of amides is 2. The van der Waals surface area contributed by atoms with Crippen LogP contribution in [0.2, 0.25) is 0 Å². The number of urea groups is 1. The molecule has 0 spiro atoms. The molecule has 1 aliphatic rings. The van der Waals surface area contributed by atoms with Crippen molar-refractivity contribution in [1.29, 1.82) is 0 Å². The van der Waals surface area contributed by atoms with E-state index in [9.17, 15) is 14.2 Å². The average molecular weight is 490 g/mol. The summed E-state index contributed by atoms with van der Waals surface area (Å²) in [5.41, 5.74) is 1.18. The van der Waals surface area contributed by atoms with Gasteiger partial charge in [0.25, 0.3) is 0 Å². The summed E-state index contributed by atoms with van der Waals surface area (Å²) in [5, 5.41) is 6.84. The largest absolute Gasteiger partial charge is 0.497 e. The Morgan fingerprint density at radius 2 is 1.49 bits per heavy atom. The third kappa shape index (κ3) is 5.15. The van der Waals surface area contributed by atoms with Crippen LogP contribution in [0.4, 0.5) is 4.79 Å². The highest BCUT2D eigenvalue weighted by molar-refractivity contribution is 7.78. The summed E-state index contributed by atoms with van der Waals surface area (Å²) in [6.07, 6.45) is -0.0464. The van der Waals surface area contributed by atoms with Crippen molar-refractivity contribution in [3.05, 3.63) is 102 Å². The molecule has 0 bridgehead atoms. The SMILES string of the molecule is CCOC(=O)C1=C(CP(=O)(c2ccccc2)c2ccccc2)NC(=O)N[C@H]1c1ccc(OC)cc1. The number of carbonyl (C=O) groups is 2. The predicted octanol–water partition coefficient (Wildman–Crippen LogP) is 3.88. The topological polar surface area (TPSA) is 93.7 Å². The molecule has 4 rings (SSSR count). The van der Waals surface area contributed by atoms with E-state index in [1.807, 2.05) is 60.7 Å². The van der Waals surface area contributed by atoms with Crippen molar-refractivity contribution in [2.24, 2.45) is 0 Å². The zero-order valence-electron chi connectivity index (χ0n) is 19.6. The summed E-state index contributed by atoms with van der Waals surface area (Å²) >= 11 is 0. The highest BCUT2D eigenvalue weighted by Crippen LogP contribution is 2.46. The first-order valence-corrected chi connectivity index (χ1v) is 13.2. The van der Waals surface area contributed by atoms with E-state index in [0.717, 1.165) is 0 Å². The van der Waals surface area contributed by atoms with Crippen molar-refractivity contribution >= 4 is 29.8 Å². The van der Waals surface area contributed by atoms with Crippen LogP contribution in [0.3, 0.4) is 0 Å². The lowest BCUT2D eigenvalue weighted by atomic mass is 9.95. The lowest BCUT2D eigenvalue weighted by molar-refractivity contribution is -0.139. The van der Waals surface area contributed by atoms with Crippen molar-refractivity contribution < 1.29 is 23.6 Å². The van der Waals surface area contributed by atoms with Crippen molar-refractivity contribution in [1.82, 2.24) is 10.6 Å². The fraction of sp³-hybridized carbons (Fsp3) is 0.185. The predicted molar refractivity (Wildman–Crippen MR) is 136 cm³/mol. The van der Waals surface area contributed by atoms with Gasteiger partial charge in [-0.15, -0.1) is 0 Å². The second kappa shape index (κ2) is 10.6. The fourth-order valence-electron chi connectivity index (χ4n) is 4.13. The molecule has 0 saturated carbocycles. The molecule has 0 saturated heterocycles. The number of nitrogens with one attached hydrogen (secondary N) is 2. The summed E-state index contributed by atoms with van der Waals surface area (Å²) in [7, 11) is -1.71. The van der Waals surface area contributed by atoms with Crippen molar-refractivity contribution in [2.45, 2.75) is 13.0 Å². The van der Waals surface area contributed by atoms with Crippen molar-refractivity contribution in [3.8, 4) is 5.75 Å². The third-order valence-corrected chi connectivity index (χ3v) is 8.85. The van der Waals surface area contributed by atoms with Crippen LogP contribution in [0.1, 0.15) is 18.5 Å².